The van der Waals surface area contributed by atoms with E-state index >= 15 is 0 Å². The Hall–Kier alpha value is -1.14. The summed E-state index contributed by atoms with van der Waals surface area (Å²) in [5.41, 5.74) is 2.76. The summed E-state index contributed by atoms with van der Waals surface area (Å²) in [6, 6.07) is 0. The van der Waals surface area contributed by atoms with Crippen LogP contribution in [0.15, 0.2) is 23.3 Å². The number of amides is 1. The van der Waals surface area contributed by atoms with Gasteiger partial charge in [0.25, 0.3) is 0 Å². The zero-order valence-corrected chi connectivity index (χ0v) is 16.9. The average molecular weight is 369 g/mol. The highest BCUT2D eigenvalue weighted by Crippen LogP contribution is 2.40. The van der Waals surface area contributed by atoms with Crippen molar-refractivity contribution in [1.82, 2.24) is 9.21 Å². The molecule has 1 fully saturated rings. The highest BCUT2D eigenvalue weighted by molar-refractivity contribution is 7.89. The molecule has 2 aliphatic rings. The first-order valence-electron chi connectivity index (χ1n) is 9.32. The largest absolute Gasteiger partial charge is 0.338 e. The van der Waals surface area contributed by atoms with Crippen molar-refractivity contribution in [3.63, 3.8) is 0 Å². The van der Waals surface area contributed by atoms with Crippen LogP contribution in [-0.4, -0.2) is 55.5 Å². The van der Waals surface area contributed by atoms with E-state index in [0.29, 0.717) is 32.6 Å². The van der Waals surface area contributed by atoms with Crippen LogP contribution in [0.1, 0.15) is 53.4 Å². The molecule has 0 aromatic rings. The summed E-state index contributed by atoms with van der Waals surface area (Å²) in [6.45, 7) is 10.3. The van der Waals surface area contributed by atoms with Crippen LogP contribution in [0.2, 0.25) is 0 Å². The number of carbonyl (C=O) groups excluding carboxylic acids is 1. The number of nitrogens with zero attached hydrogens (tertiary/aromatic N) is 2. The molecular weight excluding hydrogens is 336 g/mol. The van der Waals surface area contributed by atoms with Gasteiger partial charge >= 0.3 is 0 Å². The van der Waals surface area contributed by atoms with Crippen molar-refractivity contribution in [2.24, 2.45) is 5.41 Å². The molecule has 1 amide bonds. The van der Waals surface area contributed by atoms with Gasteiger partial charge in [-0.25, -0.2) is 12.7 Å². The zero-order chi connectivity index (χ0) is 18.7. The summed E-state index contributed by atoms with van der Waals surface area (Å²) in [6.07, 6.45) is 7.80. The molecule has 0 unspecified atom stereocenters. The summed E-state index contributed by atoms with van der Waals surface area (Å²) in [5, 5.41) is 0. The number of allylic oxidation sites excluding steroid dienone is 3. The van der Waals surface area contributed by atoms with E-state index in [2.05, 4.69) is 20.8 Å². The molecule has 0 aromatic carbocycles. The second kappa shape index (κ2) is 8.04. The van der Waals surface area contributed by atoms with Gasteiger partial charge in [-0.15, -0.1) is 0 Å². The standard InChI is InChI=1S/C19H32N2O3S/c1-5-25(23,24)21-13-7-12-20(14-15-21)18(22)10-9-17-16(2)8-6-11-19(17,3)4/h9-10H,5-8,11-15H2,1-4H3. The van der Waals surface area contributed by atoms with Crippen LogP contribution in [0.5, 0.6) is 0 Å². The minimum atomic E-state index is -3.18. The fraction of sp³-hybridized carbons (Fsp3) is 0.737. The van der Waals surface area contributed by atoms with Crippen molar-refractivity contribution in [3.8, 4) is 0 Å². The molecule has 1 heterocycles. The van der Waals surface area contributed by atoms with E-state index in [1.807, 2.05) is 6.08 Å². The van der Waals surface area contributed by atoms with Crippen LogP contribution in [-0.2, 0) is 14.8 Å². The Labute approximate surface area is 152 Å². The molecule has 0 N–H and O–H groups in total. The first-order chi connectivity index (χ1) is 11.7. The van der Waals surface area contributed by atoms with Crippen LogP contribution < -0.4 is 0 Å². The Morgan fingerprint density at radius 2 is 1.88 bits per heavy atom. The van der Waals surface area contributed by atoms with E-state index < -0.39 is 10.0 Å². The van der Waals surface area contributed by atoms with Gasteiger partial charge in [-0.1, -0.05) is 25.5 Å². The van der Waals surface area contributed by atoms with E-state index in [0.717, 1.165) is 12.8 Å². The zero-order valence-electron chi connectivity index (χ0n) is 16.0. The van der Waals surface area contributed by atoms with E-state index in [1.54, 1.807) is 17.9 Å². The third-order valence-corrected chi connectivity index (χ3v) is 7.34. The van der Waals surface area contributed by atoms with Gasteiger partial charge in [0.1, 0.15) is 0 Å². The molecule has 0 atom stereocenters. The van der Waals surface area contributed by atoms with Crippen LogP contribution >= 0.6 is 0 Å². The maximum Gasteiger partial charge on any atom is 0.246 e. The molecule has 25 heavy (non-hydrogen) atoms. The maximum atomic E-state index is 12.6. The summed E-state index contributed by atoms with van der Waals surface area (Å²) in [7, 11) is -3.18. The number of hydrogen-bond acceptors (Lipinski definition) is 3. The van der Waals surface area contributed by atoms with Gasteiger partial charge in [0.15, 0.2) is 0 Å². The van der Waals surface area contributed by atoms with Gasteiger partial charge in [0.05, 0.1) is 5.75 Å². The Balaban J connectivity index is 2.04. The van der Waals surface area contributed by atoms with Crippen LogP contribution in [0.4, 0.5) is 0 Å². The first-order valence-corrected chi connectivity index (χ1v) is 10.9. The molecule has 1 aliphatic heterocycles. The second-order valence-electron chi connectivity index (χ2n) is 7.74. The topological polar surface area (TPSA) is 57.7 Å². The molecule has 0 bridgehead atoms. The Kier molecular flexibility index (Phi) is 6.49. The molecule has 0 saturated carbocycles. The van der Waals surface area contributed by atoms with Crippen LogP contribution in [0.25, 0.3) is 0 Å². The van der Waals surface area contributed by atoms with E-state index in [4.69, 9.17) is 0 Å². The highest BCUT2D eigenvalue weighted by atomic mass is 32.2. The molecule has 142 valence electrons. The van der Waals surface area contributed by atoms with Gasteiger partial charge in [-0.3, -0.25) is 4.79 Å². The van der Waals surface area contributed by atoms with E-state index in [1.165, 1.54) is 21.9 Å². The van der Waals surface area contributed by atoms with Crippen molar-refractivity contribution >= 4 is 15.9 Å². The third kappa shape index (κ3) is 4.94. The van der Waals surface area contributed by atoms with Crippen LogP contribution in [0, 0.1) is 5.41 Å². The van der Waals surface area contributed by atoms with E-state index in [9.17, 15) is 13.2 Å². The normalized spacial score (nSPS) is 23.1. The Morgan fingerprint density at radius 1 is 1.16 bits per heavy atom. The van der Waals surface area contributed by atoms with Gasteiger partial charge in [-0.2, -0.15) is 0 Å². The quantitative estimate of drug-likeness (QED) is 0.717. The number of carbonyl (C=O) groups is 1. The maximum absolute atomic E-state index is 12.6. The molecule has 6 heteroatoms. The van der Waals surface area contributed by atoms with E-state index in [-0.39, 0.29) is 17.1 Å². The van der Waals surface area contributed by atoms with Crippen molar-refractivity contribution in [1.29, 1.82) is 0 Å². The Bertz CT molecular complexity index is 662. The molecule has 1 saturated heterocycles. The molecule has 2 rings (SSSR count). The van der Waals surface area contributed by atoms with Crippen molar-refractivity contribution < 1.29 is 13.2 Å². The lowest BCUT2D eigenvalue weighted by Gasteiger charge is -2.33. The summed E-state index contributed by atoms with van der Waals surface area (Å²) in [5.74, 6) is 0.0982. The fourth-order valence-electron chi connectivity index (χ4n) is 3.85. The van der Waals surface area contributed by atoms with Gasteiger partial charge in [-0.05, 0) is 50.5 Å². The predicted octanol–water partition coefficient (Wildman–Crippen LogP) is 2.95. The number of rotatable bonds is 4. The SMILES string of the molecule is CCS(=O)(=O)N1CCCN(C(=O)C=CC2=C(C)CCCC2(C)C)CC1. The monoisotopic (exact) mass is 368 g/mol. The van der Waals surface area contributed by atoms with Crippen molar-refractivity contribution in [2.45, 2.75) is 53.4 Å². The van der Waals surface area contributed by atoms with Crippen LogP contribution in [0.3, 0.4) is 0 Å². The van der Waals surface area contributed by atoms with Gasteiger partial charge < -0.3 is 4.90 Å². The highest BCUT2D eigenvalue weighted by Gasteiger charge is 2.28. The minimum absolute atomic E-state index is 0.0163. The van der Waals surface area contributed by atoms with Gasteiger partial charge in [0.2, 0.25) is 15.9 Å². The van der Waals surface area contributed by atoms with Crippen molar-refractivity contribution in [3.05, 3.63) is 23.3 Å². The molecule has 0 radical (unpaired) electrons. The summed E-state index contributed by atoms with van der Waals surface area (Å²) in [4.78, 5) is 14.4. The van der Waals surface area contributed by atoms with Crippen molar-refractivity contribution in [2.75, 3.05) is 31.9 Å². The molecule has 1 aliphatic carbocycles. The molecule has 0 spiro atoms. The predicted molar refractivity (Wildman–Crippen MR) is 102 cm³/mol. The van der Waals surface area contributed by atoms with Gasteiger partial charge in [0, 0.05) is 32.3 Å². The lowest BCUT2D eigenvalue weighted by atomic mass is 9.72. The smallest absolute Gasteiger partial charge is 0.246 e. The molecule has 5 nitrogen and oxygen atoms in total. The summed E-state index contributed by atoms with van der Waals surface area (Å²) >= 11 is 0. The number of hydrogen-bond donors (Lipinski definition) is 0. The summed E-state index contributed by atoms with van der Waals surface area (Å²) < 4.78 is 25.6. The average Bonchev–Trinajstić information content (AvgIpc) is 2.80. The fourth-order valence-corrected chi connectivity index (χ4v) is 4.98. The minimum Gasteiger partial charge on any atom is -0.338 e. The molecular formula is C19H32N2O3S. The lowest BCUT2D eigenvalue weighted by molar-refractivity contribution is -0.125. The number of sulfonamides is 1. The molecule has 0 aromatic heterocycles. The first kappa shape index (κ1) is 20.2. The third-order valence-electron chi connectivity index (χ3n) is 5.46. The second-order valence-corrected chi connectivity index (χ2v) is 10.0. The Morgan fingerprint density at radius 3 is 2.52 bits per heavy atom. The lowest BCUT2D eigenvalue weighted by Crippen LogP contribution is -2.37.